The smallest absolute Gasteiger partial charge is 0.261 e. The molecule has 0 radical (unpaired) electrons. The van der Waals surface area contributed by atoms with Gasteiger partial charge in [0.1, 0.15) is 0 Å². The summed E-state index contributed by atoms with van der Waals surface area (Å²) in [6.07, 6.45) is 1.69. The zero-order valence-corrected chi connectivity index (χ0v) is 13.4. The quantitative estimate of drug-likeness (QED) is 0.608. The van der Waals surface area contributed by atoms with Gasteiger partial charge in [-0.25, -0.2) is 0 Å². The van der Waals surface area contributed by atoms with Gasteiger partial charge in [-0.3, -0.25) is 9.59 Å². The molecule has 1 heterocycles. The molecular weight excluding hydrogens is 288 g/mol. The largest absolute Gasteiger partial charge is 0.394 e. The van der Waals surface area contributed by atoms with Crippen LogP contribution < -0.4 is 10.6 Å². The van der Waals surface area contributed by atoms with E-state index < -0.39 is 0 Å². The van der Waals surface area contributed by atoms with Crippen molar-refractivity contribution >= 4 is 23.2 Å². The minimum atomic E-state index is -0.182. The average Bonchev–Trinajstić information content (AvgIpc) is 2.96. The van der Waals surface area contributed by atoms with Crippen LogP contribution in [-0.4, -0.2) is 36.1 Å². The lowest BCUT2D eigenvalue weighted by Crippen LogP contribution is -2.38. The number of carbonyl (C=O) groups is 2. The first-order chi connectivity index (χ1) is 10.0. The van der Waals surface area contributed by atoms with Gasteiger partial charge in [-0.2, -0.15) is 0 Å². The van der Waals surface area contributed by atoms with Crippen LogP contribution in [0.4, 0.5) is 0 Å². The molecule has 1 atom stereocenters. The maximum atomic E-state index is 11.7. The number of nitrogens with one attached hydrogen (secondary N) is 2. The maximum Gasteiger partial charge on any atom is 0.261 e. The van der Waals surface area contributed by atoms with Crippen molar-refractivity contribution in [3.8, 4) is 0 Å². The van der Waals surface area contributed by atoms with Gasteiger partial charge in [0, 0.05) is 13.0 Å². The summed E-state index contributed by atoms with van der Waals surface area (Å²) in [5.74, 6) is 0.242. The fourth-order valence-corrected chi connectivity index (χ4v) is 2.63. The first-order valence-electron chi connectivity index (χ1n) is 7.24. The number of thiophene rings is 1. The van der Waals surface area contributed by atoms with Crippen LogP contribution in [-0.2, 0) is 4.79 Å². The van der Waals surface area contributed by atoms with E-state index in [9.17, 15) is 14.7 Å². The van der Waals surface area contributed by atoms with E-state index in [0.717, 1.165) is 6.42 Å². The van der Waals surface area contributed by atoms with Gasteiger partial charge in [0.25, 0.3) is 5.91 Å². The predicted molar refractivity (Wildman–Crippen MR) is 84.4 cm³/mol. The highest BCUT2D eigenvalue weighted by Gasteiger charge is 2.13. The molecule has 5 nitrogen and oxygen atoms in total. The molecule has 2 amide bonds. The van der Waals surface area contributed by atoms with Crippen molar-refractivity contribution in [2.24, 2.45) is 5.92 Å². The van der Waals surface area contributed by atoms with Crippen LogP contribution >= 0.6 is 11.3 Å². The number of rotatable bonds is 9. The van der Waals surface area contributed by atoms with Crippen LogP contribution in [0.1, 0.15) is 42.8 Å². The van der Waals surface area contributed by atoms with E-state index in [4.69, 9.17) is 0 Å². The Labute approximate surface area is 129 Å². The van der Waals surface area contributed by atoms with Crippen LogP contribution in [0.3, 0.4) is 0 Å². The van der Waals surface area contributed by atoms with E-state index in [0.29, 0.717) is 30.2 Å². The summed E-state index contributed by atoms with van der Waals surface area (Å²) in [6, 6.07) is 3.42. The lowest BCUT2D eigenvalue weighted by Gasteiger charge is -2.18. The Morgan fingerprint density at radius 2 is 2.14 bits per heavy atom. The fraction of sp³-hybridized carbons (Fsp3) is 0.600. The SMILES string of the molecule is CC(C)CC(CO)NC(=O)CCCNC(=O)c1cccs1. The van der Waals surface area contributed by atoms with Gasteiger partial charge in [0.15, 0.2) is 0 Å². The van der Waals surface area contributed by atoms with Gasteiger partial charge >= 0.3 is 0 Å². The van der Waals surface area contributed by atoms with Gasteiger partial charge in [-0.1, -0.05) is 19.9 Å². The minimum absolute atomic E-state index is 0.0426. The molecule has 0 aliphatic rings. The summed E-state index contributed by atoms with van der Waals surface area (Å²) in [6.45, 7) is 4.53. The van der Waals surface area contributed by atoms with E-state index in [1.165, 1.54) is 11.3 Å². The molecule has 21 heavy (non-hydrogen) atoms. The van der Waals surface area contributed by atoms with Crippen LogP contribution in [0.5, 0.6) is 0 Å². The van der Waals surface area contributed by atoms with Crippen LogP contribution in [0.25, 0.3) is 0 Å². The first-order valence-corrected chi connectivity index (χ1v) is 8.12. The Kier molecular flexibility index (Phi) is 8.00. The number of amides is 2. The van der Waals surface area contributed by atoms with Gasteiger partial charge in [0.05, 0.1) is 17.5 Å². The molecule has 1 unspecified atom stereocenters. The Hall–Kier alpha value is -1.40. The standard InChI is InChI=1S/C15H24N2O3S/c1-11(2)9-12(10-18)17-14(19)6-3-7-16-15(20)13-5-4-8-21-13/h4-5,8,11-12,18H,3,6-7,9-10H2,1-2H3,(H,16,20)(H,17,19). The molecule has 0 spiro atoms. The van der Waals surface area contributed by atoms with Crippen LogP contribution in [0.2, 0.25) is 0 Å². The molecule has 0 saturated heterocycles. The number of hydrogen-bond donors (Lipinski definition) is 3. The van der Waals surface area contributed by atoms with Gasteiger partial charge in [-0.05, 0) is 30.2 Å². The Morgan fingerprint density at radius 3 is 2.71 bits per heavy atom. The summed E-state index contributed by atoms with van der Waals surface area (Å²) in [7, 11) is 0. The van der Waals surface area contributed by atoms with Crippen molar-refractivity contribution in [2.75, 3.05) is 13.2 Å². The second kappa shape index (κ2) is 9.52. The first kappa shape index (κ1) is 17.7. The summed E-state index contributed by atoms with van der Waals surface area (Å²) in [5, 5.41) is 16.7. The van der Waals surface area contributed by atoms with Crippen molar-refractivity contribution in [1.29, 1.82) is 0 Å². The molecule has 118 valence electrons. The second-order valence-electron chi connectivity index (χ2n) is 5.41. The van der Waals surface area contributed by atoms with Crippen molar-refractivity contribution in [1.82, 2.24) is 10.6 Å². The topological polar surface area (TPSA) is 78.4 Å². The lowest BCUT2D eigenvalue weighted by atomic mass is 10.0. The van der Waals surface area contributed by atoms with Crippen molar-refractivity contribution in [3.05, 3.63) is 22.4 Å². The van der Waals surface area contributed by atoms with Gasteiger partial charge in [-0.15, -0.1) is 11.3 Å². The highest BCUT2D eigenvalue weighted by Crippen LogP contribution is 2.08. The number of hydrogen-bond acceptors (Lipinski definition) is 4. The zero-order valence-electron chi connectivity index (χ0n) is 12.6. The van der Waals surface area contributed by atoms with Crippen molar-refractivity contribution in [2.45, 2.75) is 39.2 Å². The maximum absolute atomic E-state index is 11.7. The molecular formula is C15H24N2O3S. The third kappa shape index (κ3) is 7.24. The third-order valence-electron chi connectivity index (χ3n) is 2.95. The Balaban J connectivity index is 2.17. The van der Waals surface area contributed by atoms with E-state index in [2.05, 4.69) is 24.5 Å². The summed E-state index contributed by atoms with van der Waals surface area (Å²) in [4.78, 5) is 24.1. The molecule has 0 saturated carbocycles. The number of aliphatic hydroxyl groups is 1. The van der Waals surface area contributed by atoms with Crippen molar-refractivity contribution < 1.29 is 14.7 Å². The van der Waals surface area contributed by atoms with E-state index in [1.807, 2.05) is 11.4 Å². The molecule has 0 aliphatic heterocycles. The van der Waals surface area contributed by atoms with Gasteiger partial charge < -0.3 is 15.7 Å². The molecule has 1 rings (SSSR count). The average molecular weight is 312 g/mol. The van der Waals surface area contributed by atoms with E-state index >= 15 is 0 Å². The predicted octanol–water partition coefficient (Wildman–Crippen LogP) is 1.78. The van der Waals surface area contributed by atoms with Crippen molar-refractivity contribution in [3.63, 3.8) is 0 Å². The van der Waals surface area contributed by atoms with Crippen LogP contribution in [0.15, 0.2) is 17.5 Å². The Bertz CT molecular complexity index is 432. The molecule has 0 aromatic carbocycles. The normalized spacial score (nSPS) is 12.2. The summed E-state index contributed by atoms with van der Waals surface area (Å²) >= 11 is 1.39. The van der Waals surface area contributed by atoms with Gasteiger partial charge in [0.2, 0.25) is 5.91 Å². The highest BCUT2D eigenvalue weighted by atomic mass is 32.1. The molecule has 0 fully saturated rings. The lowest BCUT2D eigenvalue weighted by molar-refractivity contribution is -0.122. The van der Waals surface area contributed by atoms with Crippen LogP contribution in [0, 0.1) is 5.92 Å². The summed E-state index contributed by atoms with van der Waals surface area (Å²) in [5.41, 5.74) is 0. The summed E-state index contributed by atoms with van der Waals surface area (Å²) < 4.78 is 0. The highest BCUT2D eigenvalue weighted by molar-refractivity contribution is 7.12. The molecule has 1 aromatic rings. The van der Waals surface area contributed by atoms with E-state index in [-0.39, 0.29) is 24.5 Å². The fourth-order valence-electron chi connectivity index (χ4n) is 1.99. The number of carbonyl (C=O) groups excluding carboxylic acids is 2. The monoisotopic (exact) mass is 312 g/mol. The molecule has 0 bridgehead atoms. The molecule has 3 N–H and O–H groups in total. The zero-order chi connectivity index (χ0) is 15.7. The molecule has 6 heteroatoms. The number of aliphatic hydroxyl groups excluding tert-OH is 1. The molecule has 1 aromatic heterocycles. The minimum Gasteiger partial charge on any atom is -0.394 e. The van der Waals surface area contributed by atoms with E-state index in [1.54, 1.807) is 6.07 Å². The Morgan fingerprint density at radius 1 is 1.38 bits per heavy atom. The third-order valence-corrected chi connectivity index (χ3v) is 3.82. The molecule has 0 aliphatic carbocycles. The second-order valence-corrected chi connectivity index (χ2v) is 6.36.